The van der Waals surface area contributed by atoms with Gasteiger partial charge in [0.05, 0.1) is 33.9 Å². The van der Waals surface area contributed by atoms with Crippen molar-refractivity contribution in [2.75, 3.05) is 26.2 Å². The van der Waals surface area contributed by atoms with Crippen LogP contribution in [0.5, 0.6) is 0 Å². The number of benzene rings is 2. The molecule has 18 nitrogen and oxygen atoms in total. The Morgan fingerprint density at radius 1 is 0.589 bits per heavy atom. The molecule has 2 aromatic heterocycles. The summed E-state index contributed by atoms with van der Waals surface area (Å²) in [5, 5.41) is 11.1. The van der Waals surface area contributed by atoms with Crippen molar-refractivity contribution in [1.29, 1.82) is 0 Å². The van der Waals surface area contributed by atoms with E-state index in [0.717, 1.165) is 56.5 Å². The number of carbonyl (C=O) groups is 7. The number of ketones is 1. The van der Waals surface area contributed by atoms with Crippen LogP contribution < -0.4 is 5.73 Å². The molecule has 2 amide bonds. The third-order valence-electron chi connectivity index (χ3n) is 16.5. The molecule has 20 heteroatoms. The second-order valence-corrected chi connectivity index (χ2v) is 28.3. The fourth-order valence-electron chi connectivity index (χ4n) is 12.5. The van der Waals surface area contributed by atoms with E-state index in [2.05, 4.69) is 51.0 Å². The van der Waals surface area contributed by atoms with Gasteiger partial charge in [0, 0.05) is 88.6 Å². The van der Waals surface area contributed by atoms with Gasteiger partial charge in [-0.05, 0) is 180 Å². The first kappa shape index (κ1) is 72.7. The average Bonchev–Trinajstić information content (AvgIpc) is 1.68. The number of amides is 2. The molecule has 6 heterocycles. The van der Waals surface area contributed by atoms with Crippen LogP contribution in [0.2, 0.25) is 10.0 Å². The summed E-state index contributed by atoms with van der Waals surface area (Å²) in [6, 6.07) is 25.5. The molecular formula is C70H97Cl2N7O11. The number of ether oxygens (including phenoxy) is 3. The summed E-state index contributed by atoms with van der Waals surface area (Å²) in [4.78, 5) is 108. The van der Waals surface area contributed by atoms with Crippen molar-refractivity contribution in [2.24, 2.45) is 17.6 Å². The SMILES string of the molecule is CC(C)(C)OC(=O)CC[C@H](C(=O)CCc1ccc(Cl)cn1)N1CCC(CCc2ccccc2)N2C[C@H](CC(=O)OC(C)(C)C)C[C@H]2C1=O.C[C@@H]1C[C@H]2C(=O)N([C@H](CCC(=O)OC(C)(C)C)C(=O)O)CCC(CCc3ccccc3)N2C1.NCc1ccc(Cl)cn1. The predicted molar refractivity (Wildman–Crippen MR) is 348 cm³/mol. The molecule has 8 atom stereocenters. The monoisotopic (exact) mass is 1280 g/mol. The van der Waals surface area contributed by atoms with Crippen LogP contribution in [0.3, 0.4) is 0 Å². The van der Waals surface area contributed by atoms with Gasteiger partial charge in [0.25, 0.3) is 0 Å². The summed E-state index contributed by atoms with van der Waals surface area (Å²) < 4.78 is 16.5. The van der Waals surface area contributed by atoms with Gasteiger partial charge in [-0.1, -0.05) is 90.8 Å². The standard InChI is InChI=1S/C38H52ClN3O6.C26H38N2O5.C6H7ClN2/c1-37(2,3)47-34(44)19-17-31(33(43)18-15-29-14-13-28(39)24-40-29)41-21-20-30(16-12-26-10-8-7-9-11-26)42-25-27(22-32(42)36(41)46)23-35(45)48-38(4,5)6;1-18-16-22-24(30)27(21(25(31)32)12-13-23(29)33-26(2,3)4)15-14-20(28(22)17-18)11-10-19-8-6-5-7-9-19;7-5-1-2-6(3-8)9-4-5/h7-11,13-14,24,27,30-32H,12,15-23,25H2,1-6H3;5-9,18,20-22H,10-17H2,1-4H3,(H,31,32);1-2,4H,3,8H2/t27-,30?,31+,32-;18-,20?,21-,22+;/m01./s1. The third-order valence-corrected chi connectivity index (χ3v) is 16.9. The maximum absolute atomic E-state index is 14.5. The number of hydrogen-bond acceptors (Lipinski definition) is 15. The molecule has 492 valence electrons. The van der Waals surface area contributed by atoms with Gasteiger partial charge in [-0.2, -0.15) is 0 Å². The molecule has 3 N–H and O–H groups in total. The first-order valence-corrected chi connectivity index (χ1v) is 32.7. The normalized spacial score (nSPS) is 21.2. The zero-order valence-electron chi connectivity index (χ0n) is 54.5. The van der Waals surface area contributed by atoms with Gasteiger partial charge in [0.2, 0.25) is 11.8 Å². The van der Waals surface area contributed by atoms with Crippen molar-refractivity contribution < 1.29 is 52.9 Å². The summed E-state index contributed by atoms with van der Waals surface area (Å²) in [6.07, 6.45) is 10.4. The summed E-state index contributed by atoms with van der Waals surface area (Å²) in [5.41, 5.74) is 7.52. The van der Waals surface area contributed by atoms with E-state index in [-0.39, 0.29) is 86.1 Å². The minimum atomic E-state index is -1.06. The van der Waals surface area contributed by atoms with Gasteiger partial charge in [0.1, 0.15) is 22.8 Å². The molecule has 4 aliphatic heterocycles. The number of nitrogens with two attached hydrogens (primary N) is 1. The molecule has 2 unspecified atom stereocenters. The van der Waals surface area contributed by atoms with Crippen molar-refractivity contribution in [1.82, 2.24) is 29.6 Å². The largest absolute Gasteiger partial charge is 0.480 e. The number of nitrogens with zero attached hydrogens (tertiary/aromatic N) is 6. The fourth-order valence-corrected chi connectivity index (χ4v) is 12.7. The Labute approximate surface area is 543 Å². The Bertz CT molecular complexity index is 2970. The van der Waals surface area contributed by atoms with E-state index in [1.807, 2.05) is 84.0 Å². The molecule has 0 aliphatic carbocycles. The van der Waals surface area contributed by atoms with E-state index in [0.29, 0.717) is 61.4 Å². The summed E-state index contributed by atoms with van der Waals surface area (Å²) in [7, 11) is 0. The van der Waals surface area contributed by atoms with Crippen LogP contribution in [-0.2, 0) is 73.6 Å². The quantitative estimate of drug-likeness (QED) is 0.0550. The number of esters is 3. The molecule has 4 saturated heterocycles. The Hall–Kier alpha value is -6.31. The molecule has 0 bridgehead atoms. The van der Waals surface area contributed by atoms with Crippen molar-refractivity contribution in [3.05, 3.63) is 130 Å². The van der Waals surface area contributed by atoms with E-state index in [1.165, 1.54) is 16.0 Å². The van der Waals surface area contributed by atoms with Crippen molar-refractivity contribution in [3.63, 3.8) is 0 Å². The van der Waals surface area contributed by atoms with Gasteiger partial charge in [-0.15, -0.1) is 0 Å². The van der Waals surface area contributed by atoms with E-state index in [4.69, 9.17) is 43.1 Å². The second-order valence-electron chi connectivity index (χ2n) is 27.4. The Morgan fingerprint density at radius 2 is 1.03 bits per heavy atom. The number of carboxylic acid groups (broad SMARTS) is 1. The first-order chi connectivity index (χ1) is 42.4. The average molecular weight is 1280 g/mol. The maximum atomic E-state index is 14.5. The predicted octanol–water partition coefficient (Wildman–Crippen LogP) is 11.1. The molecule has 0 spiro atoms. The highest BCUT2D eigenvalue weighted by Crippen LogP contribution is 2.37. The number of Topliss-reactive ketones (excluding diaryl/α,β-unsaturated/α-hetero) is 1. The number of aliphatic carboxylic acids is 1. The van der Waals surface area contributed by atoms with Crippen LogP contribution in [0.15, 0.2) is 97.3 Å². The topological polar surface area (TPSA) is 232 Å². The lowest BCUT2D eigenvalue weighted by Gasteiger charge is -2.32. The number of hydrogen-bond donors (Lipinski definition) is 2. The molecule has 4 fully saturated rings. The first-order valence-electron chi connectivity index (χ1n) is 32.0. The lowest BCUT2D eigenvalue weighted by Crippen LogP contribution is -2.51. The Kier molecular flexibility index (Phi) is 27.4. The van der Waals surface area contributed by atoms with Gasteiger partial charge in [0.15, 0.2) is 5.78 Å². The number of carbonyl (C=O) groups excluding carboxylic acids is 6. The number of aryl methyl sites for hydroxylation is 3. The smallest absolute Gasteiger partial charge is 0.326 e. The number of rotatable bonds is 22. The van der Waals surface area contributed by atoms with Crippen LogP contribution in [-0.4, -0.2) is 155 Å². The molecule has 8 rings (SSSR count). The van der Waals surface area contributed by atoms with Crippen LogP contribution in [0.1, 0.15) is 169 Å². The molecule has 2 aromatic carbocycles. The van der Waals surface area contributed by atoms with E-state index >= 15 is 0 Å². The molecule has 90 heavy (non-hydrogen) atoms. The Balaban J connectivity index is 0.000000263. The zero-order chi connectivity index (χ0) is 65.9. The van der Waals surface area contributed by atoms with E-state index in [9.17, 15) is 38.7 Å². The highest BCUT2D eigenvalue weighted by molar-refractivity contribution is 6.30. The highest BCUT2D eigenvalue weighted by Gasteiger charge is 2.48. The van der Waals surface area contributed by atoms with Crippen LogP contribution in [0, 0.1) is 11.8 Å². The van der Waals surface area contributed by atoms with Gasteiger partial charge in [-0.25, -0.2) is 4.79 Å². The van der Waals surface area contributed by atoms with Crippen LogP contribution in [0.25, 0.3) is 0 Å². The summed E-state index contributed by atoms with van der Waals surface area (Å²) >= 11 is 11.6. The lowest BCUT2D eigenvalue weighted by atomic mass is 9.97. The number of halogens is 2. The minimum absolute atomic E-state index is 0.0176. The van der Waals surface area contributed by atoms with Gasteiger partial charge >= 0.3 is 23.9 Å². The number of pyridine rings is 2. The van der Waals surface area contributed by atoms with Crippen molar-refractivity contribution in [2.45, 2.75) is 225 Å². The fraction of sp³-hybridized carbons (Fsp3) is 0.586. The summed E-state index contributed by atoms with van der Waals surface area (Å²) in [6.45, 7) is 21.2. The number of fused-ring (bicyclic) bond motifs is 2. The summed E-state index contributed by atoms with van der Waals surface area (Å²) in [5.74, 6) is -2.15. The van der Waals surface area contributed by atoms with Gasteiger partial charge < -0.3 is 34.9 Å². The molecular weight excluding hydrogens is 1190 g/mol. The number of carboxylic acids is 1. The molecule has 0 radical (unpaired) electrons. The minimum Gasteiger partial charge on any atom is -0.480 e. The Morgan fingerprint density at radius 3 is 1.49 bits per heavy atom. The zero-order valence-corrected chi connectivity index (χ0v) is 56.1. The molecule has 4 aromatic rings. The maximum Gasteiger partial charge on any atom is 0.326 e. The molecule has 0 saturated carbocycles. The highest BCUT2D eigenvalue weighted by atomic mass is 35.5. The van der Waals surface area contributed by atoms with Crippen LogP contribution >= 0.6 is 23.2 Å². The second kappa shape index (κ2) is 33.8. The lowest BCUT2D eigenvalue weighted by molar-refractivity contribution is -0.158. The van der Waals surface area contributed by atoms with Gasteiger partial charge in [-0.3, -0.25) is 48.5 Å². The third kappa shape index (κ3) is 23.7. The molecule has 4 aliphatic rings. The van der Waals surface area contributed by atoms with E-state index < -0.39 is 52.8 Å². The van der Waals surface area contributed by atoms with Crippen molar-refractivity contribution in [3.8, 4) is 0 Å². The van der Waals surface area contributed by atoms with Crippen LogP contribution in [0.4, 0.5) is 0 Å². The van der Waals surface area contributed by atoms with Crippen molar-refractivity contribution >= 4 is 64.7 Å². The van der Waals surface area contributed by atoms with E-state index in [1.54, 1.807) is 56.3 Å². The number of aromatic nitrogens is 2.